The van der Waals surface area contributed by atoms with Crippen molar-refractivity contribution in [1.29, 1.82) is 0 Å². The number of rotatable bonds is 2. The second kappa shape index (κ2) is 5.75. The van der Waals surface area contributed by atoms with E-state index in [0.29, 0.717) is 13.0 Å². The number of hydrogen-bond acceptors (Lipinski definition) is 3. The molecule has 1 atom stereocenters. The molecule has 7 heteroatoms. The zero-order valence-corrected chi connectivity index (χ0v) is 11.5. The van der Waals surface area contributed by atoms with Gasteiger partial charge in [0.05, 0.1) is 5.56 Å². The van der Waals surface area contributed by atoms with Crippen LogP contribution in [0.15, 0.2) is 12.1 Å². The maximum atomic E-state index is 12.3. The van der Waals surface area contributed by atoms with Crippen LogP contribution in [0.5, 0.6) is 0 Å². The van der Waals surface area contributed by atoms with Gasteiger partial charge in [0.25, 0.3) is 5.91 Å². The van der Waals surface area contributed by atoms with Gasteiger partial charge in [-0.3, -0.25) is 4.79 Å². The van der Waals surface area contributed by atoms with Crippen molar-refractivity contribution >= 4 is 35.1 Å². The first kappa shape index (κ1) is 14.1. The lowest BCUT2D eigenvalue weighted by Crippen LogP contribution is -2.48. The van der Waals surface area contributed by atoms with E-state index in [-0.39, 0.29) is 15.9 Å². The number of carboxylic acids is 1. The largest absolute Gasteiger partial charge is 0.480 e. The minimum Gasteiger partial charge on any atom is -0.480 e. The van der Waals surface area contributed by atoms with Gasteiger partial charge >= 0.3 is 5.97 Å². The van der Waals surface area contributed by atoms with Gasteiger partial charge in [-0.25, -0.2) is 9.78 Å². The highest BCUT2D eigenvalue weighted by molar-refractivity contribution is 6.34. The van der Waals surface area contributed by atoms with Gasteiger partial charge in [0.2, 0.25) is 0 Å². The van der Waals surface area contributed by atoms with Crippen molar-refractivity contribution in [1.82, 2.24) is 9.88 Å². The van der Waals surface area contributed by atoms with Crippen LogP contribution >= 0.6 is 23.2 Å². The molecular formula is C12H12Cl2N2O3. The number of likely N-dealkylation sites (tertiary alicyclic amines) is 1. The first-order valence-corrected chi connectivity index (χ1v) is 6.62. The fourth-order valence-corrected chi connectivity index (χ4v) is 2.58. The molecule has 102 valence electrons. The minimum absolute atomic E-state index is 0.00721. The van der Waals surface area contributed by atoms with E-state index < -0.39 is 17.9 Å². The summed E-state index contributed by atoms with van der Waals surface area (Å²) >= 11 is 11.6. The predicted molar refractivity (Wildman–Crippen MR) is 70.6 cm³/mol. The smallest absolute Gasteiger partial charge is 0.326 e. The zero-order valence-electron chi connectivity index (χ0n) is 9.97. The third-order valence-electron chi connectivity index (χ3n) is 3.09. The summed E-state index contributed by atoms with van der Waals surface area (Å²) < 4.78 is 0. The van der Waals surface area contributed by atoms with Crippen molar-refractivity contribution < 1.29 is 14.7 Å². The second-order valence-corrected chi connectivity index (χ2v) is 5.07. The fraction of sp³-hybridized carbons (Fsp3) is 0.417. The maximum Gasteiger partial charge on any atom is 0.326 e. The minimum atomic E-state index is -0.994. The number of carboxylic acid groups (broad SMARTS) is 1. The molecule has 0 radical (unpaired) electrons. The summed E-state index contributed by atoms with van der Waals surface area (Å²) in [5, 5.41) is 9.34. The Labute approximate surface area is 120 Å². The van der Waals surface area contributed by atoms with Crippen molar-refractivity contribution in [3.8, 4) is 0 Å². The summed E-state index contributed by atoms with van der Waals surface area (Å²) in [6.07, 6.45) is 2.04. The Hall–Kier alpha value is -1.33. The topological polar surface area (TPSA) is 70.5 Å². The SMILES string of the molecule is O=C(O)[C@@H]1CCCCN1C(=O)c1ccc(Cl)nc1Cl. The monoisotopic (exact) mass is 302 g/mol. The average Bonchev–Trinajstić information content (AvgIpc) is 2.38. The van der Waals surface area contributed by atoms with E-state index in [1.165, 1.54) is 17.0 Å². The molecule has 0 bridgehead atoms. The fourth-order valence-electron chi connectivity index (χ4n) is 2.16. The van der Waals surface area contributed by atoms with Crippen LogP contribution in [0, 0.1) is 0 Å². The Bertz CT molecular complexity index is 522. The first-order valence-electron chi connectivity index (χ1n) is 5.86. The number of halogens is 2. The highest BCUT2D eigenvalue weighted by Crippen LogP contribution is 2.23. The van der Waals surface area contributed by atoms with Gasteiger partial charge in [-0.15, -0.1) is 0 Å². The summed E-state index contributed by atoms with van der Waals surface area (Å²) in [5.41, 5.74) is 0.180. The van der Waals surface area contributed by atoms with E-state index in [9.17, 15) is 9.59 Å². The van der Waals surface area contributed by atoms with E-state index >= 15 is 0 Å². The molecule has 0 spiro atoms. The highest BCUT2D eigenvalue weighted by Gasteiger charge is 2.33. The molecule has 2 heterocycles. The lowest BCUT2D eigenvalue weighted by atomic mass is 10.0. The lowest BCUT2D eigenvalue weighted by molar-refractivity contribution is -0.143. The summed E-state index contributed by atoms with van der Waals surface area (Å²) in [4.78, 5) is 28.6. The number of hydrogen-bond donors (Lipinski definition) is 1. The molecule has 1 aliphatic rings. The van der Waals surface area contributed by atoms with Crippen LogP contribution in [0.1, 0.15) is 29.6 Å². The van der Waals surface area contributed by atoms with Gasteiger partial charge in [0, 0.05) is 6.54 Å². The number of nitrogens with zero attached hydrogens (tertiary/aromatic N) is 2. The average molecular weight is 303 g/mol. The Morgan fingerprint density at radius 2 is 2.05 bits per heavy atom. The second-order valence-electron chi connectivity index (χ2n) is 4.32. The van der Waals surface area contributed by atoms with Gasteiger partial charge in [0.1, 0.15) is 16.3 Å². The zero-order chi connectivity index (χ0) is 14.0. The quantitative estimate of drug-likeness (QED) is 0.852. The Morgan fingerprint density at radius 3 is 2.68 bits per heavy atom. The van der Waals surface area contributed by atoms with Crippen molar-refractivity contribution in [2.45, 2.75) is 25.3 Å². The molecule has 0 aromatic carbocycles. The van der Waals surface area contributed by atoms with Gasteiger partial charge in [-0.2, -0.15) is 0 Å². The van der Waals surface area contributed by atoms with Crippen LogP contribution in [0.25, 0.3) is 0 Å². The van der Waals surface area contributed by atoms with Gasteiger partial charge in [-0.05, 0) is 31.4 Å². The van der Waals surface area contributed by atoms with Crippen LogP contribution in [-0.4, -0.2) is 39.5 Å². The number of pyridine rings is 1. The van der Waals surface area contributed by atoms with E-state index in [1.807, 2.05) is 0 Å². The molecule has 2 rings (SSSR count). The van der Waals surface area contributed by atoms with Crippen LogP contribution in [0.4, 0.5) is 0 Å². The summed E-state index contributed by atoms with van der Waals surface area (Å²) in [5.74, 6) is -1.41. The van der Waals surface area contributed by atoms with E-state index in [4.69, 9.17) is 28.3 Å². The van der Waals surface area contributed by atoms with Gasteiger partial charge < -0.3 is 10.0 Å². The number of carbonyl (C=O) groups is 2. The lowest BCUT2D eigenvalue weighted by Gasteiger charge is -2.33. The predicted octanol–water partition coefficient (Wildman–Crippen LogP) is 2.47. The summed E-state index contributed by atoms with van der Waals surface area (Å²) in [6, 6.07) is 2.13. The molecule has 1 fully saturated rings. The molecule has 19 heavy (non-hydrogen) atoms. The molecule has 0 unspecified atom stereocenters. The number of piperidine rings is 1. The molecule has 1 amide bonds. The molecule has 0 aliphatic carbocycles. The number of aliphatic carboxylic acids is 1. The Morgan fingerprint density at radius 1 is 1.32 bits per heavy atom. The molecule has 1 aliphatic heterocycles. The van der Waals surface area contributed by atoms with Gasteiger partial charge in [0.15, 0.2) is 0 Å². The Kier molecular flexibility index (Phi) is 4.27. The van der Waals surface area contributed by atoms with Crippen LogP contribution < -0.4 is 0 Å². The van der Waals surface area contributed by atoms with E-state index in [0.717, 1.165) is 12.8 Å². The molecule has 0 saturated carbocycles. The third kappa shape index (κ3) is 2.98. The number of carbonyl (C=O) groups excluding carboxylic acids is 1. The summed E-state index contributed by atoms with van der Waals surface area (Å²) in [6.45, 7) is 0.411. The maximum absolute atomic E-state index is 12.3. The van der Waals surface area contributed by atoms with Crippen molar-refractivity contribution in [3.63, 3.8) is 0 Å². The van der Waals surface area contributed by atoms with Crippen molar-refractivity contribution in [3.05, 3.63) is 28.0 Å². The highest BCUT2D eigenvalue weighted by atomic mass is 35.5. The molecule has 5 nitrogen and oxygen atoms in total. The first-order chi connectivity index (χ1) is 9.00. The molecule has 1 saturated heterocycles. The molecule has 1 N–H and O–H groups in total. The van der Waals surface area contributed by atoms with Gasteiger partial charge in [-0.1, -0.05) is 23.2 Å². The van der Waals surface area contributed by atoms with Crippen molar-refractivity contribution in [2.24, 2.45) is 0 Å². The van der Waals surface area contributed by atoms with Crippen LogP contribution in [0.3, 0.4) is 0 Å². The van der Waals surface area contributed by atoms with Crippen LogP contribution in [-0.2, 0) is 4.79 Å². The van der Waals surface area contributed by atoms with Crippen LogP contribution in [0.2, 0.25) is 10.3 Å². The summed E-state index contributed by atoms with van der Waals surface area (Å²) in [7, 11) is 0. The number of amides is 1. The Balaban J connectivity index is 2.28. The molecule has 1 aromatic rings. The molecular weight excluding hydrogens is 291 g/mol. The third-order valence-corrected chi connectivity index (χ3v) is 3.59. The number of aromatic nitrogens is 1. The van der Waals surface area contributed by atoms with E-state index in [1.54, 1.807) is 0 Å². The standard InChI is InChI=1S/C12H12Cl2N2O3/c13-9-5-4-7(10(14)15-9)11(17)16-6-2-1-3-8(16)12(18)19/h4-5,8H,1-3,6H2,(H,18,19)/t8-/m0/s1. The van der Waals surface area contributed by atoms with Crippen molar-refractivity contribution in [2.75, 3.05) is 6.54 Å². The van der Waals surface area contributed by atoms with E-state index in [2.05, 4.69) is 4.98 Å². The normalized spacial score (nSPS) is 19.3. The molecule has 1 aromatic heterocycles.